The fourth-order valence-corrected chi connectivity index (χ4v) is 2.65. The van der Waals surface area contributed by atoms with E-state index >= 15 is 0 Å². The predicted molar refractivity (Wildman–Crippen MR) is 77.7 cm³/mol. The first-order chi connectivity index (χ1) is 9.31. The standard InChI is InChI=1S/C15H23N3O/c1-12(10-13-2-3-13)17-14-4-5-15(16-11-14)18-6-8-19-9-7-18/h4-5,11-13,17H,2-3,6-10H2,1H3. The highest BCUT2D eigenvalue weighted by atomic mass is 16.5. The number of aromatic nitrogens is 1. The monoisotopic (exact) mass is 261 g/mol. The highest BCUT2D eigenvalue weighted by Crippen LogP contribution is 2.34. The smallest absolute Gasteiger partial charge is 0.128 e. The number of morpholine rings is 1. The lowest BCUT2D eigenvalue weighted by Gasteiger charge is -2.28. The maximum absolute atomic E-state index is 5.36. The summed E-state index contributed by atoms with van der Waals surface area (Å²) in [6.07, 6.45) is 6.07. The molecule has 0 spiro atoms. The van der Waals surface area contributed by atoms with E-state index in [0.29, 0.717) is 6.04 Å². The van der Waals surface area contributed by atoms with Crippen molar-refractivity contribution in [1.82, 2.24) is 4.98 Å². The number of ether oxygens (including phenoxy) is 1. The van der Waals surface area contributed by atoms with Crippen LogP contribution in [-0.2, 0) is 4.74 Å². The van der Waals surface area contributed by atoms with Crippen LogP contribution in [0.5, 0.6) is 0 Å². The quantitative estimate of drug-likeness (QED) is 0.884. The van der Waals surface area contributed by atoms with Crippen molar-refractivity contribution in [3.05, 3.63) is 18.3 Å². The van der Waals surface area contributed by atoms with Crippen molar-refractivity contribution in [2.24, 2.45) is 5.92 Å². The second-order valence-corrected chi connectivity index (χ2v) is 5.73. The van der Waals surface area contributed by atoms with E-state index in [-0.39, 0.29) is 0 Å². The molecular formula is C15H23N3O. The molecule has 1 saturated carbocycles. The molecule has 1 saturated heterocycles. The van der Waals surface area contributed by atoms with Gasteiger partial charge in [-0.25, -0.2) is 4.98 Å². The lowest BCUT2D eigenvalue weighted by atomic mass is 10.1. The summed E-state index contributed by atoms with van der Waals surface area (Å²) < 4.78 is 5.36. The Morgan fingerprint density at radius 1 is 1.37 bits per heavy atom. The van der Waals surface area contributed by atoms with Gasteiger partial charge in [0.25, 0.3) is 0 Å². The molecule has 1 atom stereocenters. The Hall–Kier alpha value is -1.29. The third kappa shape index (κ3) is 3.60. The van der Waals surface area contributed by atoms with Crippen LogP contribution in [-0.4, -0.2) is 37.3 Å². The first-order valence-corrected chi connectivity index (χ1v) is 7.36. The second-order valence-electron chi connectivity index (χ2n) is 5.73. The van der Waals surface area contributed by atoms with E-state index in [2.05, 4.69) is 34.3 Å². The molecule has 1 aromatic heterocycles. The van der Waals surface area contributed by atoms with E-state index < -0.39 is 0 Å². The number of pyridine rings is 1. The number of nitrogens with one attached hydrogen (secondary N) is 1. The predicted octanol–water partition coefficient (Wildman–Crippen LogP) is 2.52. The zero-order valence-corrected chi connectivity index (χ0v) is 11.6. The number of nitrogens with zero attached hydrogens (tertiary/aromatic N) is 2. The zero-order valence-electron chi connectivity index (χ0n) is 11.6. The van der Waals surface area contributed by atoms with E-state index in [1.165, 1.54) is 19.3 Å². The minimum Gasteiger partial charge on any atom is -0.381 e. The van der Waals surface area contributed by atoms with Gasteiger partial charge in [0.2, 0.25) is 0 Å². The molecule has 0 bridgehead atoms. The summed E-state index contributed by atoms with van der Waals surface area (Å²) >= 11 is 0. The molecule has 1 N–H and O–H groups in total. The molecular weight excluding hydrogens is 238 g/mol. The first-order valence-electron chi connectivity index (χ1n) is 7.36. The van der Waals surface area contributed by atoms with Gasteiger partial charge in [-0.3, -0.25) is 0 Å². The molecule has 4 heteroatoms. The Morgan fingerprint density at radius 2 is 2.16 bits per heavy atom. The Bertz CT molecular complexity index is 396. The summed E-state index contributed by atoms with van der Waals surface area (Å²) in [6.45, 7) is 5.75. The molecule has 3 rings (SSSR count). The third-order valence-electron chi connectivity index (χ3n) is 3.88. The molecule has 1 aromatic rings. The minimum absolute atomic E-state index is 0.545. The van der Waals surface area contributed by atoms with Gasteiger partial charge in [-0.05, 0) is 31.4 Å². The largest absolute Gasteiger partial charge is 0.381 e. The summed E-state index contributed by atoms with van der Waals surface area (Å²) in [4.78, 5) is 6.84. The van der Waals surface area contributed by atoms with Crippen molar-refractivity contribution < 1.29 is 4.74 Å². The van der Waals surface area contributed by atoms with Crippen molar-refractivity contribution in [3.8, 4) is 0 Å². The van der Waals surface area contributed by atoms with Gasteiger partial charge in [0.05, 0.1) is 25.1 Å². The molecule has 1 aliphatic carbocycles. The van der Waals surface area contributed by atoms with Crippen LogP contribution in [0.1, 0.15) is 26.2 Å². The van der Waals surface area contributed by atoms with Crippen molar-refractivity contribution in [1.29, 1.82) is 0 Å². The highest BCUT2D eigenvalue weighted by molar-refractivity contribution is 5.49. The molecule has 0 aromatic carbocycles. The molecule has 1 aliphatic heterocycles. The molecule has 0 amide bonds. The van der Waals surface area contributed by atoms with Gasteiger partial charge in [-0.1, -0.05) is 12.8 Å². The van der Waals surface area contributed by atoms with Crippen molar-refractivity contribution >= 4 is 11.5 Å². The molecule has 0 radical (unpaired) electrons. The number of anilines is 2. The third-order valence-corrected chi connectivity index (χ3v) is 3.88. The van der Waals surface area contributed by atoms with Gasteiger partial charge < -0.3 is 15.0 Å². The van der Waals surface area contributed by atoms with Gasteiger partial charge in [0.1, 0.15) is 5.82 Å². The zero-order chi connectivity index (χ0) is 13.1. The first kappa shape index (κ1) is 12.7. The molecule has 19 heavy (non-hydrogen) atoms. The lowest BCUT2D eigenvalue weighted by molar-refractivity contribution is 0.122. The highest BCUT2D eigenvalue weighted by Gasteiger charge is 2.23. The van der Waals surface area contributed by atoms with Crippen LogP contribution < -0.4 is 10.2 Å². The van der Waals surface area contributed by atoms with Gasteiger partial charge in [-0.2, -0.15) is 0 Å². The second kappa shape index (κ2) is 5.78. The maximum atomic E-state index is 5.36. The normalized spacial score (nSPS) is 21.2. The Balaban J connectivity index is 1.55. The van der Waals surface area contributed by atoms with Crippen molar-refractivity contribution in [2.45, 2.75) is 32.2 Å². The van der Waals surface area contributed by atoms with E-state index in [9.17, 15) is 0 Å². The summed E-state index contributed by atoms with van der Waals surface area (Å²) in [5.41, 5.74) is 1.13. The van der Waals surface area contributed by atoms with Gasteiger partial charge >= 0.3 is 0 Å². The summed E-state index contributed by atoms with van der Waals surface area (Å²) in [5.74, 6) is 2.02. The molecule has 104 valence electrons. The van der Waals surface area contributed by atoms with E-state index in [1.54, 1.807) is 0 Å². The van der Waals surface area contributed by atoms with Gasteiger partial charge in [0, 0.05) is 19.1 Å². The minimum atomic E-state index is 0.545. The topological polar surface area (TPSA) is 37.4 Å². The van der Waals surface area contributed by atoms with Crippen LogP contribution in [0.25, 0.3) is 0 Å². The number of rotatable bonds is 5. The Kier molecular flexibility index (Phi) is 3.87. The van der Waals surface area contributed by atoms with Gasteiger partial charge in [0.15, 0.2) is 0 Å². The lowest BCUT2D eigenvalue weighted by Crippen LogP contribution is -2.36. The average molecular weight is 261 g/mol. The summed E-state index contributed by atoms with van der Waals surface area (Å²) in [5, 5.41) is 3.54. The maximum Gasteiger partial charge on any atom is 0.128 e. The number of hydrogen-bond donors (Lipinski definition) is 1. The van der Waals surface area contributed by atoms with Crippen LogP contribution in [0.15, 0.2) is 18.3 Å². The van der Waals surface area contributed by atoms with E-state index in [4.69, 9.17) is 4.74 Å². The van der Waals surface area contributed by atoms with Crippen LogP contribution >= 0.6 is 0 Å². The van der Waals surface area contributed by atoms with Crippen LogP contribution in [0.3, 0.4) is 0 Å². The van der Waals surface area contributed by atoms with Crippen molar-refractivity contribution in [2.75, 3.05) is 36.5 Å². The fourth-order valence-electron chi connectivity index (χ4n) is 2.65. The molecule has 1 unspecified atom stereocenters. The molecule has 2 aliphatic rings. The molecule has 4 nitrogen and oxygen atoms in total. The van der Waals surface area contributed by atoms with E-state index in [1.807, 2.05) is 6.20 Å². The van der Waals surface area contributed by atoms with Crippen LogP contribution in [0, 0.1) is 5.92 Å². The van der Waals surface area contributed by atoms with Crippen molar-refractivity contribution in [3.63, 3.8) is 0 Å². The average Bonchev–Trinajstić information content (AvgIpc) is 3.24. The van der Waals surface area contributed by atoms with Crippen LogP contribution in [0.4, 0.5) is 11.5 Å². The number of hydrogen-bond acceptors (Lipinski definition) is 4. The van der Waals surface area contributed by atoms with E-state index in [0.717, 1.165) is 43.7 Å². The van der Waals surface area contributed by atoms with Gasteiger partial charge in [-0.15, -0.1) is 0 Å². The molecule has 2 heterocycles. The Labute approximate surface area is 115 Å². The Morgan fingerprint density at radius 3 is 2.79 bits per heavy atom. The molecule has 2 fully saturated rings. The SMILES string of the molecule is CC(CC1CC1)Nc1ccc(N2CCOCC2)nc1. The fraction of sp³-hybridized carbons (Fsp3) is 0.667. The van der Waals surface area contributed by atoms with Crippen LogP contribution in [0.2, 0.25) is 0 Å². The summed E-state index contributed by atoms with van der Waals surface area (Å²) in [7, 11) is 0. The summed E-state index contributed by atoms with van der Waals surface area (Å²) in [6, 6.07) is 4.79.